The molecule has 0 amide bonds. The molecule has 1 aliphatic carbocycles. The van der Waals surface area contributed by atoms with Crippen LogP contribution in [0.15, 0.2) is 218 Å². The first kappa shape index (κ1) is 38.0. The van der Waals surface area contributed by atoms with Crippen molar-refractivity contribution in [1.29, 1.82) is 0 Å². The maximum absolute atomic E-state index is 5.39. The number of thiophene rings is 1. The van der Waals surface area contributed by atoms with Gasteiger partial charge >= 0.3 is 0 Å². The van der Waals surface area contributed by atoms with E-state index >= 15 is 0 Å². The third kappa shape index (κ3) is 6.56. The molecule has 64 heavy (non-hydrogen) atoms. The molecule has 2 heterocycles. The van der Waals surface area contributed by atoms with Crippen LogP contribution in [-0.4, -0.2) is 9.97 Å². The van der Waals surface area contributed by atoms with Crippen LogP contribution in [0.25, 0.3) is 110 Å². The first-order valence-electron chi connectivity index (χ1n) is 22.0. The van der Waals surface area contributed by atoms with Crippen LogP contribution >= 0.6 is 11.3 Å². The Labute approximate surface area is 377 Å². The second kappa shape index (κ2) is 15.3. The van der Waals surface area contributed by atoms with E-state index in [1.807, 2.05) is 17.4 Å². The molecule has 0 N–H and O–H groups in total. The molecule has 0 aliphatic heterocycles. The van der Waals surface area contributed by atoms with Gasteiger partial charge in [-0.1, -0.05) is 184 Å². The van der Waals surface area contributed by atoms with Gasteiger partial charge in [-0.2, -0.15) is 0 Å². The molecule has 0 fully saturated rings. The van der Waals surface area contributed by atoms with Crippen LogP contribution in [0.1, 0.15) is 25.0 Å². The molecule has 0 unspecified atom stereocenters. The lowest BCUT2D eigenvalue weighted by atomic mass is 9.81. The Hall–Kier alpha value is -7.72. The molecule has 12 rings (SSSR count). The standard InChI is InChI=1S/C61H42N2S/c1-61(2)54-23-13-11-20-49(54)50-31-29-44(37-55(50)61)48-19-9-10-21-51(48)57-38-56(62-60(63-57)42-17-7-4-8-18-42)47-34-45(41-27-25-40(26-28-41)39-15-5-3-6-16-39)33-46(35-47)43-30-32-59-53(36-43)52-22-12-14-24-58(52)64-59/h3-38H,1-2H3. The summed E-state index contributed by atoms with van der Waals surface area (Å²) in [6.45, 7) is 4.69. The van der Waals surface area contributed by atoms with Crippen molar-refractivity contribution in [1.82, 2.24) is 9.97 Å². The summed E-state index contributed by atoms with van der Waals surface area (Å²) in [4.78, 5) is 10.8. The van der Waals surface area contributed by atoms with Crippen LogP contribution in [0.3, 0.4) is 0 Å². The molecule has 302 valence electrons. The lowest BCUT2D eigenvalue weighted by molar-refractivity contribution is 0.660. The van der Waals surface area contributed by atoms with Gasteiger partial charge in [0.15, 0.2) is 5.82 Å². The molecule has 0 radical (unpaired) electrons. The molecular weight excluding hydrogens is 793 g/mol. The third-order valence-corrected chi connectivity index (χ3v) is 14.3. The lowest BCUT2D eigenvalue weighted by Gasteiger charge is -2.22. The summed E-state index contributed by atoms with van der Waals surface area (Å²) < 4.78 is 2.60. The van der Waals surface area contributed by atoms with E-state index in [0.717, 1.165) is 50.3 Å². The highest BCUT2D eigenvalue weighted by Gasteiger charge is 2.35. The van der Waals surface area contributed by atoms with E-state index in [1.54, 1.807) is 0 Å². The summed E-state index contributed by atoms with van der Waals surface area (Å²) in [5, 5.41) is 2.57. The van der Waals surface area contributed by atoms with Gasteiger partial charge < -0.3 is 0 Å². The molecule has 0 saturated carbocycles. The monoisotopic (exact) mass is 834 g/mol. The summed E-state index contributed by atoms with van der Waals surface area (Å²) >= 11 is 1.85. The van der Waals surface area contributed by atoms with Crippen LogP contribution in [0.4, 0.5) is 0 Å². The molecule has 2 nitrogen and oxygen atoms in total. The fourth-order valence-corrected chi connectivity index (χ4v) is 10.9. The Bertz CT molecular complexity index is 3560. The third-order valence-electron chi connectivity index (χ3n) is 13.1. The van der Waals surface area contributed by atoms with Crippen molar-refractivity contribution in [2.75, 3.05) is 0 Å². The molecule has 0 saturated heterocycles. The van der Waals surface area contributed by atoms with E-state index in [1.165, 1.54) is 64.7 Å². The molecule has 9 aromatic carbocycles. The van der Waals surface area contributed by atoms with Gasteiger partial charge in [0.1, 0.15) is 0 Å². The van der Waals surface area contributed by atoms with Crippen LogP contribution in [0.5, 0.6) is 0 Å². The van der Waals surface area contributed by atoms with Crippen molar-refractivity contribution in [3.63, 3.8) is 0 Å². The van der Waals surface area contributed by atoms with E-state index < -0.39 is 0 Å². The Kier molecular flexibility index (Phi) is 9.06. The maximum Gasteiger partial charge on any atom is 0.160 e. The van der Waals surface area contributed by atoms with E-state index in [-0.39, 0.29) is 5.41 Å². The van der Waals surface area contributed by atoms with Gasteiger partial charge in [0, 0.05) is 42.3 Å². The molecule has 0 atom stereocenters. The average Bonchev–Trinajstić information content (AvgIpc) is 3.85. The van der Waals surface area contributed by atoms with Crippen molar-refractivity contribution >= 4 is 31.5 Å². The van der Waals surface area contributed by atoms with E-state index in [0.29, 0.717) is 5.82 Å². The number of benzene rings is 9. The maximum atomic E-state index is 5.39. The highest BCUT2D eigenvalue weighted by molar-refractivity contribution is 7.25. The SMILES string of the molecule is CC1(C)c2ccccc2-c2ccc(-c3ccccc3-c3cc(-c4cc(-c5ccc(-c6ccccc6)cc5)cc(-c5ccc6sc7ccccc7c6c5)c4)nc(-c4ccccc4)n3)cc21. The highest BCUT2D eigenvalue weighted by atomic mass is 32.1. The van der Waals surface area contributed by atoms with Gasteiger partial charge in [-0.3, -0.25) is 0 Å². The fourth-order valence-electron chi connectivity index (χ4n) is 9.78. The van der Waals surface area contributed by atoms with Crippen molar-refractivity contribution in [2.45, 2.75) is 19.3 Å². The summed E-state index contributed by atoms with van der Waals surface area (Å²) in [7, 11) is 0. The minimum atomic E-state index is -0.106. The average molecular weight is 835 g/mol. The Balaban J connectivity index is 1.04. The number of hydrogen-bond acceptors (Lipinski definition) is 3. The Morgan fingerprint density at radius 3 is 1.62 bits per heavy atom. The quantitative estimate of drug-likeness (QED) is 0.160. The van der Waals surface area contributed by atoms with Gasteiger partial charge in [0.2, 0.25) is 0 Å². The normalized spacial score (nSPS) is 12.7. The fraction of sp³-hybridized carbons (Fsp3) is 0.0492. The molecular formula is C61H42N2S. The van der Waals surface area contributed by atoms with E-state index in [9.17, 15) is 0 Å². The van der Waals surface area contributed by atoms with Crippen LogP contribution < -0.4 is 0 Å². The zero-order chi connectivity index (χ0) is 42.8. The largest absolute Gasteiger partial charge is 0.228 e. The van der Waals surface area contributed by atoms with Crippen molar-refractivity contribution in [3.8, 4) is 89.5 Å². The van der Waals surface area contributed by atoms with Gasteiger partial charge in [0.05, 0.1) is 11.4 Å². The summed E-state index contributed by atoms with van der Waals surface area (Å²) in [5.74, 6) is 0.693. The first-order chi connectivity index (χ1) is 31.4. The van der Waals surface area contributed by atoms with Gasteiger partial charge in [-0.25, -0.2) is 9.97 Å². The molecule has 0 bridgehead atoms. The molecule has 11 aromatic rings. The number of nitrogens with zero attached hydrogens (tertiary/aromatic N) is 2. The molecule has 3 heteroatoms. The van der Waals surface area contributed by atoms with Crippen LogP contribution in [0, 0.1) is 0 Å². The Morgan fingerprint density at radius 1 is 0.312 bits per heavy atom. The van der Waals surface area contributed by atoms with E-state index in [4.69, 9.17) is 9.97 Å². The molecule has 0 spiro atoms. The minimum absolute atomic E-state index is 0.106. The minimum Gasteiger partial charge on any atom is -0.228 e. The second-order valence-electron chi connectivity index (χ2n) is 17.4. The first-order valence-corrected chi connectivity index (χ1v) is 22.8. The predicted octanol–water partition coefficient (Wildman–Crippen LogP) is 16.8. The zero-order valence-corrected chi connectivity index (χ0v) is 36.4. The number of fused-ring (bicyclic) bond motifs is 6. The number of rotatable bonds is 7. The molecule has 1 aliphatic rings. The molecule has 2 aromatic heterocycles. The smallest absolute Gasteiger partial charge is 0.160 e. The highest BCUT2D eigenvalue weighted by Crippen LogP contribution is 2.50. The number of aromatic nitrogens is 2. The van der Waals surface area contributed by atoms with Gasteiger partial charge in [-0.05, 0) is 115 Å². The number of hydrogen-bond donors (Lipinski definition) is 0. The predicted molar refractivity (Wildman–Crippen MR) is 271 cm³/mol. The second-order valence-corrected chi connectivity index (χ2v) is 18.4. The zero-order valence-electron chi connectivity index (χ0n) is 35.6. The van der Waals surface area contributed by atoms with Crippen molar-refractivity contribution in [3.05, 3.63) is 230 Å². The van der Waals surface area contributed by atoms with Crippen molar-refractivity contribution in [2.24, 2.45) is 0 Å². The van der Waals surface area contributed by atoms with Crippen LogP contribution in [0.2, 0.25) is 0 Å². The summed E-state index contributed by atoms with van der Waals surface area (Å²) in [5.41, 5.74) is 19.4. The summed E-state index contributed by atoms with van der Waals surface area (Å²) in [6, 6.07) is 79.2. The van der Waals surface area contributed by atoms with Crippen LogP contribution in [-0.2, 0) is 5.41 Å². The topological polar surface area (TPSA) is 25.8 Å². The Morgan fingerprint density at radius 2 is 0.844 bits per heavy atom. The van der Waals surface area contributed by atoms with Gasteiger partial charge in [0.25, 0.3) is 0 Å². The summed E-state index contributed by atoms with van der Waals surface area (Å²) in [6.07, 6.45) is 0. The van der Waals surface area contributed by atoms with Crippen molar-refractivity contribution < 1.29 is 0 Å². The van der Waals surface area contributed by atoms with E-state index in [2.05, 4.69) is 226 Å². The van der Waals surface area contributed by atoms with Gasteiger partial charge in [-0.15, -0.1) is 11.3 Å². The lowest BCUT2D eigenvalue weighted by Crippen LogP contribution is -2.14.